The Balaban J connectivity index is 3.24. The van der Waals surface area contributed by atoms with Gasteiger partial charge in [-0.2, -0.15) is 48.3 Å². The summed E-state index contributed by atoms with van der Waals surface area (Å²) in [5.74, 6) is -21.6. The van der Waals surface area contributed by atoms with Gasteiger partial charge >= 0.3 is 30.0 Å². The van der Waals surface area contributed by atoms with Crippen LogP contribution in [0.1, 0.15) is 19.3 Å². The molecule has 0 radical (unpaired) electrons. The highest BCUT2D eigenvalue weighted by molar-refractivity contribution is 5.06. The average Bonchev–Trinajstić information content (AvgIpc) is 2.37. The summed E-state index contributed by atoms with van der Waals surface area (Å²) >= 11 is 0. The lowest BCUT2D eigenvalue weighted by atomic mass is 9.99. The fourth-order valence-corrected chi connectivity index (χ4v) is 1.94. The van der Waals surface area contributed by atoms with E-state index < -0.39 is 48.0 Å². The molecule has 1 heterocycles. The first kappa shape index (κ1) is 19.2. The molecule has 0 spiro atoms. The summed E-state index contributed by atoms with van der Waals surface area (Å²) in [5, 5.41) is 0. The van der Waals surface area contributed by atoms with Gasteiger partial charge < -0.3 is 0 Å². The van der Waals surface area contributed by atoms with Gasteiger partial charge in [0.2, 0.25) is 0 Å². The fourth-order valence-electron chi connectivity index (χ4n) is 1.94. The van der Waals surface area contributed by atoms with E-state index in [0.717, 1.165) is 0 Å². The SMILES string of the molecule is FC(F)(F)C(F)(F)C(F)(F)C(F)(F)C(F)(F)N1CCCCC1. The van der Waals surface area contributed by atoms with Crippen molar-refractivity contribution in [3.63, 3.8) is 0 Å². The number of halogens is 11. The van der Waals surface area contributed by atoms with Gasteiger partial charge in [-0.3, -0.25) is 0 Å². The molecule has 12 heteroatoms. The van der Waals surface area contributed by atoms with Crippen molar-refractivity contribution in [3.05, 3.63) is 0 Å². The van der Waals surface area contributed by atoms with Crippen molar-refractivity contribution in [1.29, 1.82) is 0 Å². The van der Waals surface area contributed by atoms with E-state index in [1.54, 1.807) is 0 Å². The second kappa shape index (κ2) is 5.38. The third-order valence-electron chi connectivity index (χ3n) is 3.28. The Labute approximate surface area is 117 Å². The van der Waals surface area contributed by atoms with Crippen molar-refractivity contribution in [1.82, 2.24) is 4.90 Å². The van der Waals surface area contributed by atoms with E-state index in [2.05, 4.69) is 0 Å². The average molecular weight is 353 g/mol. The smallest absolute Gasteiger partial charge is 0.239 e. The number of piperidine rings is 1. The molecule has 1 aliphatic heterocycles. The summed E-state index contributed by atoms with van der Waals surface area (Å²) in [6, 6.07) is -5.86. The molecule has 0 bridgehead atoms. The second-order valence-corrected chi connectivity index (χ2v) is 4.81. The predicted octanol–water partition coefficient (Wildman–Crippen LogP) is 4.53. The van der Waals surface area contributed by atoms with Gasteiger partial charge in [-0.05, 0) is 12.8 Å². The third kappa shape index (κ3) is 2.62. The quantitative estimate of drug-likeness (QED) is 0.530. The van der Waals surface area contributed by atoms with Crippen molar-refractivity contribution in [2.75, 3.05) is 13.1 Å². The molecule has 0 aliphatic carbocycles. The number of rotatable bonds is 4. The van der Waals surface area contributed by atoms with Crippen LogP contribution in [0, 0.1) is 0 Å². The zero-order chi connectivity index (χ0) is 17.6. The Morgan fingerprint density at radius 1 is 0.500 bits per heavy atom. The second-order valence-electron chi connectivity index (χ2n) is 4.81. The molecule has 0 amide bonds. The zero-order valence-corrected chi connectivity index (χ0v) is 10.6. The number of alkyl halides is 11. The van der Waals surface area contributed by atoms with E-state index in [-0.39, 0.29) is 12.8 Å². The number of nitrogens with zero attached hydrogens (tertiary/aromatic N) is 1. The van der Waals surface area contributed by atoms with Gasteiger partial charge in [0, 0.05) is 13.1 Å². The van der Waals surface area contributed by atoms with Crippen molar-refractivity contribution in [2.45, 2.75) is 49.3 Å². The van der Waals surface area contributed by atoms with Crippen LogP contribution in [0.3, 0.4) is 0 Å². The molecule has 1 fully saturated rings. The van der Waals surface area contributed by atoms with Gasteiger partial charge in [0.05, 0.1) is 0 Å². The van der Waals surface area contributed by atoms with Crippen molar-refractivity contribution < 1.29 is 48.3 Å². The molecule has 0 N–H and O–H groups in total. The van der Waals surface area contributed by atoms with Gasteiger partial charge in [-0.1, -0.05) is 6.42 Å². The first-order chi connectivity index (χ1) is 9.61. The van der Waals surface area contributed by atoms with E-state index in [4.69, 9.17) is 0 Å². The van der Waals surface area contributed by atoms with Crippen LogP contribution in [0.25, 0.3) is 0 Å². The van der Waals surface area contributed by atoms with E-state index in [1.807, 2.05) is 0 Å². The first-order valence-electron chi connectivity index (χ1n) is 5.93. The van der Waals surface area contributed by atoms with Gasteiger partial charge in [-0.25, -0.2) is 4.90 Å². The van der Waals surface area contributed by atoms with Crippen LogP contribution in [-0.2, 0) is 0 Å². The maximum atomic E-state index is 13.5. The van der Waals surface area contributed by atoms with E-state index in [9.17, 15) is 48.3 Å². The Morgan fingerprint density at radius 2 is 0.909 bits per heavy atom. The molecular weight excluding hydrogens is 343 g/mol. The summed E-state index contributed by atoms with van der Waals surface area (Å²) in [4.78, 5) is -0.503. The van der Waals surface area contributed by atoms with Crippen LogP contribution in [-0.4, -0.2) is 48.0 Å². The van der Waals surface area contributed by atoms with E-state index in [0.29, 0.717) is 6.42 Å². The largest absolute Gasteiger partial charge is 0.460 e. The minimum atomic E-state index is -7.32. The van der Waals surface area contributed by atoms with Crippen molar-refractivity contribution in [2.24, 2.45) is 0 Å². The van der Waals surface area contributed by atoms with Crippen molar-refractivity contribution in [3.8, 4) is 0 Å². The standard InChI is InChI=1S/C10H10F11N/c11-6(12,7(13,14)9(17,18)19)8(15,16)10(20,21)22-4-2-1-3-5-22/h1-5H2. The molecule has 1 nitrogen and oxygen atoms in total. The van der Waals surface area contributed by atoms with Crippen LogP contribution in [0.15, 0.2) is 0 Å². The Kier molecular flexibility index (Phi) is 4.70. The Bertz CT molecular complexity index is 394. The number of likely N-dealkylation sites (tertiary alicyclic amines) is 1. The van der Waals surface area contributed by atoms with Gasteiger partial charge in [0.25, 0.3) is 0 Å². The van der Waals surface area contributed by atoms with Gasteiger partial charge in [-0.15, -0.1) is 0 Å². The van der Waals surface area contributed by atoms with Gasteiger partial charge in [0.15, 0.2) is 0 Å². The molecule has 132 valence electrons. The highest BCUT2D eigenvalue weighted by Gasteiger charge is 2.87. The zero-order valence-electron chi connectivity index (χ0n) is 10.6. The number of hydrogen-bond donors (Lipinski definition) is 0. The molecule has 22 heavy (non-hydrogen) atoms. The van der Waals surface area contributed by atoms with E-state index >= 15 is 0 Å². The summed E-state index contributed by atoms with van der Waals surface area (Å²) in [7, 11) is 0. The normalized spacial score (nSPS) is 20.3. The van der Waals surface area contributed by atoms with Crippen LogP contribution in [0.2, 0.25) is 0 Å². The van der Waals surface area contributed by atoms with Crippen LogP contribution >= 0.6 is 0 Å². The summed E-state index contributed by atoms with van der Waals surface area (Å²) in [6.07, 6.45) is -7.01. The highest BCUT2D eigenvalue weighted by atomic mass is 19.4. The molecule has 0 aromatic rings. The lowest BCUT2D eigenvalue weighted by Crippen LogP contribution is -2.70. The monoisotopic (exact) mass is 353 g/mol. The van der Waals surface area contributed by atoms with E-state index in [1.165, 1.54) is 0 Å². The lowest BCUT2D eigenvalue weighted by molar-refractivity contribution is -0.438. The third-order valence-corrected chi connectivity index (χ3v) is 3.28. The number of hydrogen-bond acceptors (Lipinski definition) is 1. The molecule has 0 atom stereocenters. The molecular formula is C10H10F11N. The first-order valence-corrected chi connectivity index (χ1v) is 5.93. The topological polar surface area (TPSA) is 3.24 Å². The molecule has 1 saturated heterocycles. The summed E-state index contributed by atoms with van der Waals surface area (Å²) in [6.45, 7) is -1.65. The maximum absolute atomic E-state index is 13.5. The van der Waals surface area contributed by atoms with Crippen LogP contribution in [0.4, 0.5) is 48.3 Å². The summed E-state index contributed by atoms with van der Waals surface area (Å²) < 4.78 is 140. The molecule has 0 aromatic heterocycles. The molecule has 0 aromatic carbocycles. The van der Waals surface area contributed by atoms with Crippen LogP contribution in [0.5, 0.6) is 0 Å². The van der Waals surface area contributed by atoms with Crippen molar-refractivity contribution >= 4 is 0 Å². The van der Waals surface area contributed by atoms with Gasteiger partial charge in [0.1, 0.15) is 0 Å². The summed E-state index contributed by atoms with van der Waals surface area (Å²) in [5.41, 5.74) is 0. The predicted molar refractivity (Wildman–Crippen MR) is 51.3 cm³/mol. The minimum absolute atomic E-state index is 0.104. The van der Waals surface area contributed by atoms with Crippen LogP contribution < -0.4 is 0 Å². The minimum Gasteiger partial charge on any atom is -0.239 e. The molecule has 1 aliphatic rings. The Morgan fingerprint density at radius 3 is 1.27 bits per heavy atom. The molecule has 0 saturated carbocycles. The fraction of sp³-hybridized carbons (Fsp3) is 1.00. The molecule has 1 rings (SSSR count). The molecule has 0 unspecified atom stereocenters. The highest BCUT2D eigenvalue weighted by Crippen LogP contribution is 2.58. The Hall–Kier alpha value is -0.810. The maximum Gasteiger partial charge on any atom is 0.460 e. The lowest BCUT2D eigenvalue weighted by Gasteiger charge is -2.42.